The largest absolute Gasteiger partial charge is 0.491 e. The van der Waals surface area contributed by atoms with E-state index in [1.54, 1.807) is 0 Å². The normalized spacial score (nSPS) is 10.6. The first kappa shape index (κ1) is 14.3. The third kappa shape index (κ3) is 3.48. The fourth-order valence-electron chi connectivity index (χ4n) is 1.83. The van der Waals surface area contributed by atoms with Crippen LogP contribution in [0.25, 0.3) is 0 Å². The number of nitrogens with zero attached hydrogens (tertiary/aromatic N) is 3. The van der Waals surface area contributed by atoms with Gasteiger partial charge in [0.15, 0.2) is 0 Å². The highest BCUT2D eigenvalue weighted by molar-refractivity contribution is 5.35. The summed E-state index contributed by atoms with van der Waals surface area (Å²) >= 11 is 0. The van der Waals surface area contributed by atoms with Crippen LogP contribution in [0.2, 0.25) is 0 Å². The fraction of sp³-hybridized carbons (Fsp3) is 0.429. The number of aryl methyl sites for hydroxylation is 2. The Morgan fingerprint density at radius 2 is 2.10 bits per heavy atom. The van der Waals surface area contributed by atoms with E-state index >= 15 is 0 Å². The Kier molecular flexibility index (Phi) is 4.57. The van der Waals surface area contributed by atoms with E-state index in [0.29, 0.717) is 25.1 Å². The average molecular weight is 276 g/mol. The van der Waals surface area contributed by atoms with Gasteiger partial charge in [-0.05, 0) is 25.5 Å². The Bertz CT molecular complexity index is 568. The van der Waals surface area contributed by atoms with E-state index in [0.717, 1.165) is 11.3 Å². The maximum atomic E-state index is 5.76. The summed E-state index contributed by atoms with van der Waals surface area (Å²) < 4.78 is 11.1. The van der Waals surface area contributed by atoms with E-state index in [-0.39, 0.29) is 6.54 Å². The molecular formula is C14H20N4O2. The molecule has 0 atom stereocenters. The maximum absolute atomic E-state index is 5.76. The Labute approximate surface area is 118 Å². The molecule has 1 aromatic heterocycles. The number of hydrogen-bond donors (Lipinski definition) is 1. The fourth-order valence-corrected chi connectivity index (χ4v) is 1.83. The number of rotatable bonds is 6. The Morgan fingerprint density at radius 1 is 1.30 bits per heavy atom. The van der Waals surface area contributed by atoms with Crippen LogP contribution in [-0.4, -0.2) is 30.4 Å². The van der Waals surface area contributed by atoms with E-state index < -0.39 is 0 Å². The Hall–Kier alpha value is -2.08. The van der Waals surface area contributed by atoms with Crippen LogP contribution >= 0.6 is 0 Å². The molecule has 0 radical (unpaired) electrons. The van der Waals surface area contributed by atoms with E-state index in [2.05, 4.69) is 23.2 Å². The average Bonchev–Trinajstić information content (AvgIpc) is 2.90. The zero-order chi connectivity index (χ0) is 14.5. The van der Waals surface area contributed by atoms with Crippen molar-refractivity contribution in [2.75, 3.05) is 25.1 Å². The zero-order valence-electron chi connectivity index (χ0n) is 12.1. The van der Waals surface area contributed by atoms with Crippen molar-refractivity contribution in [3.8, 4) is 5.75 Å². The summed E-state index contributed by atoms with van der Waals surface area (Å²) in [5.41, 5.74) is 7.79. The van der Waals surface area contributed by atoms with Gasteiger partial charge < -0.3 is 19.8 Å². The van der Waals surface area contributed by atoms with Crippen molar-refractivity contribution in [3.05, 3.63) is 35.2 Å². The smallest absolute Gasteiger partial charge is 0.318 e. The van der Waals surface area contributed by atoms with Crippen LogP contribution in [0.15, 0.2) is 22.6 Å². The molecule has 0 spiro atoms. The Balaban J connectivity index is 1.86. The number of benzene rings is 1. The third-order valence-corrected chi connectivity index (χ3v) is 2.97. The highest BCUT2D eigenvalue weighted by Gasteiger charge is 2.10. The van der Waals surface area contributed by atoms with Gasteiger partial charge in [0, 0.05) is 7.05 Å². The van der Waals surface area contributed by atoms with Crippen LogP contribution in [0.1, 0.15) is 17.0 Å². The molecule has 1 aromatic carbocycles. The molecule has 0 aliphatic heterocycles. The van der Waals surface area contributed by atoms with Crippen molar-refractivity contribution in [2.45, 2.75) is 20.4 Å². The van der Waals surface area contributed by atoms with Crippen LogP contribution in [0, 0.1) is 13.8 Å². The van der Waals surface area contributed by atoms with Crippen molar-refractivity contribution in [1.82, 2.24) is 10.2 Å². The summed E-state index contributed by atoms with van der Waals surface area (Å²) in [5.74, 6) is 1.33. The lowest BCUT2D eigenvalue weighted by Gasteiger charge is -2.15. The van der Waals surface area contributed by atoms with Gasteiger partial charge in [-0.2, -0.15) is 0 Å². The first-order valence-corrected chi connectivity index (χ1v) is 6.54. The summed E-state index contributed by atoms with van der Waals surface area (Å²) in [6.07, 6.45) is 0. The minimum Gasteiger partial charge on any atom is -0.491 e. The third-order valence-electron chi connectivity index (χ3n) is 2.97. The first-order chi connectivity index (χ1) is 9.60. The molecule has 0 bridgehead atoms. The van der Waals surface area contributed by atoms with Crippen molar-refractivity contribution in [3.63, 3.8) is 0 Å². The first-order valence-electron chi connectivity index (χ1n) is 6.54. The molecule has 0 saturated heterocycles. The van der Waals surface area contributed by atoms with E-state index in [9.17, 15) is 0 Å². The molecule has 0 saturated carbocycles. The molecule has 0 aliphatic carbocycles. The molecule has 108 valence electrons. The summed E-state index contributed by atoms with van der Waals surface area (Å²) in [4.78, 5) is 1.84. The molecule has 6 heteroatoms. The van der Waals surface area contributed by atoms with Crippen molar-refractivity contribution < 1.29 is 9.15 Å². The second-order valence-corrected chi connectivity index (χ2v) is 4.72. The molecule has 0 aliphatic rings. The van der Waals surface area contributed by atoms with Crippen LogP contribution < -0.4 is 15.4 Å². The summed E-state index contributed by atoms with van der Waals surface area (Å²) in [6.45, 7) is 5.55. The van der Waals surface area contributed by atoms with Gasteiger partial charge in [0.2, 0.25) is 5.89 Å². The number of ether oxygens (including phenoxy) is 1. The second-order valence-electron chi connectivity index (χ2n) is 4.72. The maximum Gasteiger partial charge on any atom is 0.318 e. The molecule has 0 unspecified atom stereocenters. The molecule has 2 aromatic rings. The number of hydrogen-bond acceptors (Lipinski definition) is 6. The van der Waals surface area contributed by atoms with E-state index in [1.807, 2.05) is 31.0 Å². The molecule has 2 N–H and O–H groups in total. The molecule has 0 amide bonds. The lowest BCUT2D eigenvalue weighted by molar-refractivity contribution is 0.320. The van der Waals surface area contributed by atoms with Gasteiger partial charge in [0.1, 0.15) is 12.4 Å². The van der Waals surface area contributed by atoms with Gasteiger partial charge in [-0.3, -0.25) is 0 Å². The van der Waals surface area contributed by atoms with Crippen LogP contribution in [-0.2, 0) is 6.54 Å². The van der Waals surface area contributed by atoms with Crippen molar-refractivity contribution in [1.29, 1.82) is 0 Å². The lowest BCUT2D eigenvalue weighted by atomic mass is 10.1. The summed E-state index contributed by atoms with van der Waals surface area (Å²) in [5, 5.41) is 7.74. The van der Waals surface area contributed by atoms with Crippen LogP contribution in [0.4, 0.5) is 6.01 Å². The molecule has 20 heavy (non-hydrogen) atoms. The molecule has 2 rings (SSSR count). The van der Waals surface area contributed by atoms with E-state index in [4.69, 9.17) is 14.9 Å². The van der Waals surface area contributed by atoms with Gasteiger partial charge in [0.05, 0.1) is 13.1 Å². The minimum absolute atomic E-state index is 0.250. The monoisotopic (exact) mass is 276 g/mol. The molecule has 1 heterocycles. The lowest BCUT2D eigenvalue weighted by Crippen LogP contribution is -2.24. The van der Waals surface area contributed by atoms with Gasteiger partial charge in [-0.1, -0.05) is 22.8 Å². The summed E-state index contributed by atoms with van der Waals surface area (Å²) in [7, 11) is 1.87. The second kappa shape index (κ2) is 6.38. The quantitative estimate of drug-likeness (QED) is 0.864. The highest BCUT2D eigenvalue weighted by Crippen LogP contribution is 2.18. The minimum atomic E-state index is 0.250. The highest BCUT2D eigenvalue weighted by atomic mass is 16.5. The number of likely N-dealkylation sites (N-methyl/N-ethyl adjacent to an activating group) is 1. The molecular weight excluding hydrogens is 256 g/mol. The number of aromatic nitrogens is 2. The van der Waals surface area contributed by atoms with Crippen LogP contribution in [0.5, 0.6) is 5.75 Å². The predicted molar refractivity (Wildman–Crippen MR) is 76.9 cm³/mol. The molecule has 0 fully saturated rings. The van der Waals surface area contributed by atoms with Gasteiger partial charge >= 0.3 is 6.01 Å². The molecule has 6 nitrogen and oxygen atoms in total. The standard InChI is InChI=1S/C14H20N4O2/c1-10-4-5-12(11(2)8-10)19-7-6-18(3)14-17-16-13(9-15)20-14/h4-5,8H,6-7,9,15H2,1-3H3. The van der Waals surface area contributed by atoms with Crippen LogP contribution in [0.3, 0.4) is 0 Å². The van der Waals surface area contributed by atoms with Gasteiger partial charge in [0.25, 0.3) is 0 Å². The Morgan fingerprint density at radius 3 is 2.75 bits per heavy atom. The number of nitrogens with two attached hydrogens (primary N) is 1. The number of anilines is 1. The van der Waals surface area contributed by atoms with Crippen molar-refractivity contribution >= 4 is 6.01 Å². The summed E-state index contributed by atoms with van der Waals surface area (Å²) in [6, 6.07) is 6.58. The van der Waals surface area contributed by atoms with Gasteiger partial charge in [-0.15, -0.1) is 5.10 Å². The predicted octanol–water partition coefficient (Wildman–Crippen LogP) is 1.66. The topological polar surface area (TPSA) is 77.4 Å². The van der Waals surface area contributed by atoms with Crippen molar-refractivity contribution in [2.24, 2.45) is 5.73 Å². The zero-order valence-corrected chi connectivity index (χ0v) is 12.1. The van der Waals surface area contributed by atoms with E-state index in [1.165, 1.54) is 5.56 Å². The van der Waals surface area contributed by atoms with Gasteiger partial charge in [-0.25, -0.2) is 0 Å². The SMILES string of the molecule is Cc1ccc(OCCN(C)c2nnc(CN)o2)c(C)c1.